The molecule has 0 spiro atoms. The number of carbonyl (C=O) groups excluding carboxylic acids is 1. The van der Waals surface area contributed by atoms with E-state index in [9.17, 15) is 4.79 Å². The molecule has 1 N–H and O–H groups in total. The zero-order valence-corrected chi connectivity index (χ0v) is 12.3. The zero-order valence-electron chi connectivity index (χ0n) is 11.5. The van der Waals surface area contributed by atoms with Crippen molar-refractivity contribution in [1.82, 2.24) is 9.71 Å². The average Bonchev–Trinajstić information content (AvgIpc) is 2.44. The number of carbonyl (C=O) groups is 1. The molecule has 1 aromatic heterocycles. The summed E-state index contributed by atoms with van der Waals surface area (Å²) in [5.41, 5.74) is 0. The molecule has 0 saturated heterocycles. The molecule has 0 unspecified atom stereocenters. The van der Waals surface area contributed by atoms with Gasteiger partial charge in [0.2, 0.25) is 5.88 Å². The SMILES string of the molecule is CCC(=O)COc1ccc(O[C@H](C)CNSC)nc1. The molecule has 0 amide bonds. The molecule has 1 atom stereocenters. The number of aromatic nitrogens is 1. The molecule has 1 rings (SSSR count). The van der Waals surface area contributed by atoms with Gasteiger partial charge in [0.05, 0.1) is 6.20 Å². The van der Waals surface area contributed by atoms with Crippen LogP contribution in [0.4, 0.5) is 0 Å². The van der Waals surface area contributed by atoms with Crippen LogP contribution in [0.3, 0.4) is 0 Å². The Morgan fingerprint density at radius 3 is 2.89 bits per heavy atom. The molecule has 0 saturated carbocycles. The van der Waals surface area contributed by atoms with E-state index in [1.807, 2.05) is 20.1 Å². The van der Waals surface area contributed by atoms with Crippen LogP contribution in [0.1, 0.15) is 20.3 Å². The van der Waals surface area contributed by atoms with E-state index in [2.05, 4.69) is 9.71 Å². The number of ether oxygens (including phenoxy) is 2. The Bertz CT molecular complexity index is 384. The van der Waals surface area contributed by atoms with Crippen molar-refractivity contribution in [3.05, 3.63) is 18.3 Å². The minimum atomic E-state index is 0.0355. The quantitative estimate of drug-likeness (QED) is 0.701. The summed E-state index contributed by atoms with van der Waals surface area (Å²) in [6, 6.07) is 3.49. The number of nitrogens with one attached hydrogen (secondary N) is 1. The van der Waals surface area contributed by atoms with Crippen molar-refractivity contribution in [1.29, 1.82) is 0 Å². The van der Waals surface area contributed by atoms with Gasteiger partial charge >= 0.3 is 0 Å². The smallest absolute Gasteiger partial charge is 0.213 e. The standard InChI is InChI=1S/C13H20N2O3S/c1-4-11(16)9-17-12-5-6-13(14-8-12)18-10(2)7-15-19-3/h5-6,8,10,15H,4,7,9H2,1-3H3/t10-/m1/s1. The molecule has 0 bridgehead atoms. The van der Waals surface area contributed by atoms with E-state index in [0.29, 0.717) is 18.1 Å². The maximum atomic E-state index is 11.1. The summed E-state index contributed by atoms with van der Waals surface area (Å²) in [5.74, 6) is 1.19. The second-order valence-electron chi connectivity index (χ2n) is 3.99. The van der Waals surface area contributed by atoms with Crippen molar-refractivity contribution in [2.24, 2.45) is 0 Å². The lowest BCUT2D eigenvalue weighted by molar-refractivity contribution is -0.120. The Morgan fingerprint density at radius 2 is 2.32 bits per heavy atom. The summed E-state index contributed by atoms with van der Waals surface area (Å²) < 4.78 is 14.0. The Kier molecular flexibility index (Phi) is 7.28. The molecule has 6 heteroatoms. The van der Waals surface area contributed by atoms with E-state index < -0.39 is 0 Å². The first kappa shape index (κ1) is 15.8. The van der Waals surface area contributed by atoms with E-state index >= 15 is 0 Å². The van der Waals surface area contributed by atoms with E-state index in [4.69, 9.17) is 9.47 Å². The fraction of sp³-hybridized carbons (Fsp3) is 0.538. The largest absolute Gasteiger partial charge is 0.484 e. The van der Waals surface area contributed by atoms with Gasteiger partial charge in [-0.15, -0.1) is 0 Å². The summed E-state index contributed by atoms with van der Waals surface area (Å²) >= 11 is 1.55. The molecule has 1 heterocycles. The van der Waals surface area contributed by atoms with E-state index in [1.165, 1.54) is 0 Å². The monoisotopic (exact) mass is 284 g/mol. The van der Waals surface area contributed by atoms with E-state index in [-0.39, 0.29) is 18.5 Å². The Hall–Kier alpha value is -1.27. The lowest BCUT2D eigenvalue weighted by atomic mass is 10.3. The average molecular weight is 284 g/mol. The Labute approximate surface area is 118 Å². The van der Waals surface area contributed by atoms with Crippen LogP contribution in [0.5, 0.6) is 11.6 Å². The molecule has 19 heavy (non-hydrogen) atoms. The van der Waals surface area contributed by atoms with Gasteiger partial charge in [-0.2, -0.15) is 0 Å². The van der Waals surface area contributed by atoms with Gasteiger partial charge in [0.15, 0.2) is 5.78 Å². The summed E-state index contributed by atoms with van der Waals surface area (Å²) in [4.78, 5) is 15.3. The van der Waals surface area contributed by atoms with Crippen molar-refractivity contribution >= 4 is 17.7 Å². The van der Waals surface area contributed by atoms with Crippen LogP contribution in [0.2, 0.25) is 0 Å². The molecule has 1 aromatic rings. The van der Waals surface area contributed by atoms with Crippen LogP contribution < -0.4 is 14.2 Å². The second kappa shape index (κ2) is 8.77. The minimum absolute atomic E-state index is 0.0355. The van der Waals surface area contributed by atoms with E-state index in [0.717, 1.165) is 6.54 Å². The van der Waals surface area contributed by atoms with Crippen molar-refractivity contribution in [3.8, 4) is 11.6 Å². The topological polar surface area (TPSA) is 60.5 Å². The second-order valence-corrected chi connectivity index (χ2v) is 4.69. The molecule has 0 aliphatic carbocycles. The number of nitrogens with zero attached hydrogens (tertiary/aromatic N) is 1. The zero-order chi connectivity index (χ0) is 14.1. The first-order valence-corrected chi connectivity index (χ1v) is 7.41. The lowest BCUT2D eigenvalue weighted by Crippen LogP contribution is -2.24. The number of hydrogen-bond acceptors (Lipinski definition) is 6. The Morgan fingerprint density at radius 1 is 1.53 bits per heavy atom. The third-order valence-electron chi connectivity index (χ3n) is 2.34. The fourth-order valence-electron chi connectivity index (χ4n) is 1.24. The molecule has 106 valence electrons. The maximum Gasteiger partial charge on any atom is 0.213 e. The van der Waals surface area contributed by atoms with Crippen molar-refractivity contribution in [2.45, 2.75) is 26.4 Å². The predicted molar refractivity (Wildman–Crippen MR) is 76.6 cm³/mol. The molecule has 5 nitrogen and oxygen atoms in total. The highest BCUT2D eigenvalue weighted by molar-refractivity contribution is 7.96. The summed E-state index contributed by atoms with van der Waals surface area (Å²) in [7, 11) is 0. The van der Waals surface area contributed by atoms with Crippen LogP contribution >= 0.6 is 11.9 Å². The van der Waals surface area contributed by atoms with Gasteiger partial charge < -0.3 is 9.47 Å². The Balaban J connectivity index is 2.40. The molecule has 0 aliphatic heterocycles. The third-order valence-corrected chi connectivity index (χ3v) is 2.80. The normalized spacial score (nSPS) is 11.9. The third kappa shape index (κ3) is 6.45. The van der Waals surface area contributed by atoms with Crippen molar-refractivity contribution < 1.29 is 14.3 Å². The fourth-order valence-corrected chi connectivity index (χ4v) is 1.64. The number of ketones is 1. The summed E-state index contributed by atoms with van der Waals surface area (Å²) in [6.07, 6.45) is 4.05. The molecule has 0 radical (unpaired) electrons. The van der Waals surface area contributed by atoms with Crippen LogP contribution in [0, 0.1) is 0 Å². The van der Waals surface area contributed by atoms with Gasteiger partial charge in [-0.3, -0.25) is 9.52 Å². The predicted octanol–water partition coefficient (Wildman–Crippen LogP) is 2.07. The van der Waals surface area contributed by atoms with Crippen LogP contribution in [0.25, 0.3) is 0 Å². The highest BCUT2D eigenvalue weighted by atomic mass is 32.2. The maximum absolute atomic E-state index is 11.1. The van der Waals surface area contributed by atoms with Gasteiger partial charge in [0.1, 0.15) is 18.5 Å². The highest BCUT2D eigenvalue weighted by Crippen LogP contribution is 2.15. The molecular weight excluding hydrogens is 264 g/mol. The first-order valence-electron chi connectivity index (χ1n) is 6.18. The van der Waals surface area contributed by atoms with Crippen LogP contribution in [0.15, 0.2) is 18.3 Å². The lowest BCUT2D eigenvalue weighted by Gasteiger charge is -2.13. The minimum Gasteiger partial charge on any atom is -0.484 e. The van der Waals surface area contributed by atoms with Gasteiger partial charge in [0.25, 0.3) is 0 Å². The van der Waals surface area contributed by atoms with Crippen molar-refractivity contribution in [3.63, 3.8) is 0 Å². The number of pyridine rings is 1. The number of rotatable bonds is 9. The number of Topliss-reactive ketones (excluding diaryl/α,β-unsaturated/α-hetero) is 1. The van der Waals surface area contributed by atoms with Crippen molar-refractivity contribution in [2.75, 3.05) is 19.4 Å². The summed E-state index contributed by atoms with van der Waals surface area (Å²) in [5, 5.41) is 0. The van der Waals surface area contributed by atoms with Gasteiger partial charge in [0, 0.05) is 19.0 Å². The van der Waals surface area contributed by atoms with Gasteiger partial charge in [-0.1, -0.05) is 18.9 Å². The van der Waals surface area contributed by atoms with Crippen LogP contribution in [-0.2, 0) is 4.79 Å². The van der Waals surface area contributed by atoms with Crippen LogP contribution in [-0.4, -0.2) is 36.3 Å². The first-order chi connectivity index (χ1) is 9.15. The van der Waals surface area contributed by atoms with Gasteiger partial charge in [-0.25, -0.2) is 4.98 Å². The molecular formula is C13H20N2O3S. The molecule has 0 aliphatic rings. The summed E-state index contributed by atoms with van der Waals surface area (Å²) in [6.45, 7) is 4.61. The molecule has 0 fully saturated rings. The van der Waals surface area contributed by atoms with E-state index in [1.54, 1.807) is 30.3 Å². The molecule has 0 aromatic carbocycles. The number of hydrogen-bond donors (Lipinski definition) is 1. The highest BCUT2D eigenvalue weighted by Gasteiger charge is 2.05. The van der Waals surface area contributed by atoms with Gasteiger partial charge in [-0.05, 0) is 19.2 Å².